The lowest BCUT2D eigenvalue weighted by molar-refractivity contribution is -0.115. The van der Waals surface area contributed by atoms with Crippen LogP contribution in [0.5, 0.6) is 0 Å². The van der Waals surface area contributed by atoms with E-state index in [9.17, 15) is 9.59 Å². The molecule has 0 aromatic heterocycles. The van der Waals surface area contributed by atoms with Gasteiger partial charge in [0.05, 0.1) is 16.6 Å². The first-order valence-electron chi connectivity index (χ1n) is 4.64. The highest BCUT2D eigenvalue weighted by molar-refractivity contribution is 9.09. The topological polar surface area (TPSA) is 57.6 Å². The number of benzene rings is 1. The van der Waals surface area contributed by atoms with Crippen LogP contribution in [0.1, 0.15) is 15.9 Å². The number of aryl methyl sites for hydroxylation is 1. The molecule has 0 aliphatic heterocycles. The second-order valence-corrected chi connectivity index (χ2v) is 3.92. The van der Waals surface area contributed by atoms with Crippen LogP contribution < -0.4 is 4.90 Å². The summed E-state index contributed by atoms with van der Waals surface area (Å²) < 4.78 is 0. The largest absolute Gasteiger partial charge is 0.478 e. The van der Waals surface area contributed by atoms with Gasteiger partial charge < -0.3 is 10.0 Å². The number of aromatic carboxylic acids is 1. The molecule has 0 heterocycles. The van der Waals surface area contributed by atoms with Gasteiger partial charge in [-0.3, -0.25) is 4.79 Å². The Morgan fingerprint density at radius 3 is 2.56 bits per heavy atom. The van der Waals surface area contributed by atoms with Crippen molar-refractivity contribution in [1.29, 1.82) is 0 Å². The minimum atomic E-state index is -1.03. The molecule has 0 unspecified atom stereocenters. The highest BCUT2D eigenvalue weighted by atomic mass is 79.9. The van der Waals surface area contributed by atoms with E-state index in [0.717, 1.165) is 5.56 Å². The predicted octanol–water partition coefficient (Wildman–Crippen LogP) is 2.05. The van der Waals surface area contributed by atoms with Crippen LogP contribution in [0.25, 0.3) is 0 Å². The quantitative estimate of drug-likeness (QED) is 0.865. The molecule has 0 saturated carbocycles. The number of anilines is 1. The first kappa shape index (κ1) is 12.7. The van der Waals surface area contributed by atoms with Gasteiger partial charge in [-0.2, -0.15) is 0 Å². The van der Waals surface area contributed by atoms with E-state index in [1.165, 1.54) is 11.0 Å². The minimum absolute atomic E-state index is 0.136. The third kappa shape index (κ3) is 2.41. The molecule has 1 aromatic carbocycles. The standard InChI is InChI=1S/C11H12BrNO3/c1-7-4-3-5-8(11(15)16)10(7)13(2)9(14)6-12/h3-5H,6H2,1-2H3,(H,15,16). The monoisotopic (exact) mass is 285 g/mol. The van der Waals surface area contributed by atoms with Gasteiger partial charge >= 0.3 is 5.97 Å². The molecular weight excluding hydrogens is 274 g/mol. The van der Waals surface area contributed by atoms with Crippen LogP contribution in [-0.4, -0.2) is 29.4 Å². The van der Waals surface area contributed by atoms with Gasteiger partial charge in [-0.1, -0.05) is 28.1 Å². The Balaban J connectivity index is 3.30. The van der Waals surface area contributed by atoms with Gasteiger partial charge in [0, 0.05) is 7.05 Å². The van der Waals surface area contributed by atoms with Gasteiger partial charge in [-0.15, -0.1) is 0 Å². The number of hydrogen-bond acceptors (Lipinski definition) is 2. The lowest BCUT2D eigenvalue weighted by Gasteiger charge is -2.20. The van der Waals surface area contributed by atoms with Gasteiger partial charge in [-0.25, -0.2) is 4.79 Å². The molecule has 0 atom stereocenters. The fourth-order valence-electron chi connectivity index (χ4n) is 1.49. The van der Waals surface area contributed by atoms with E-state index in [4.69, 9.17) is 5.11 Å². The molecular formula is C11H12BrNO3. The van der Waals surface area contributed by atoms with Gasteiger partial charge in [0.1, 0.15) is 0 Å². The fraction of sp³-hybridized carbons (Fsp3) is 0.273. The number of carboxylic acid groups (broad SMARTS) is 1. The lowest BCUT2D eigenvalue weighted by Crippen LogP contribution is -2.29. The Morgan fingerprint density at radius 1 is 1.44 bits per heavy atom. The molecule has 1 rings (SSSR count). The number of carbonyl (C=O) groups is 2. The first-order valence-corrected chi connectivity index (χ1v) is 5.76. The maximum absolute atomic E-state index is 11.5. The molecule has 1 N–H and O–H groups in total. The number of carbonyl (C=O) groups excluding carboxylic acids is 1. The van der Waals surface area contributed by atoms with Crippen molar-refractivity contribution in [3.63, 3.8) is 0 Å². The number of carboxylic acids is 1. The SMILES string of the molecule is Cc1cccc(C(=O)O)c1N(C)C(=O)CBr. The maximum Gasteiger partial charge on any atom is 0.337 e. The summed E-state index contributed by atoms with van der Waals surface area (Å²) in [5.74, 6) is -1.22. The highest BCUT2D eigenvalue weighted by Gasteiger charge is 2.19. The van der Waals surface area contributed by atoms with Crippen molar-refractivity contribution in [2.45, 2.75) is 6.92 Å². The number of para-hydroxylation sites is 1. The normalized spacial score (nSPS) is 9.94. The van der Waals surface area contributed by atoms with Crippen LogP contribution in [0.3, 0.4) is 0 Å². The van der Waals surface area contributed by atoms with Crippen LogP contribution >= 0.6 is 15.9 Å². The van der Waals surface area contributed by atoms with Gasteiger partial charge in [0.25, 0.3) is 0 Å². The third-order valence-corrected chi connectivity index (χ3v) is 2.77. The van der Waals surface area contributed by atoms with E-state index in [1.807, 2.05) is 0 Å². The molecule has 4 nitrogen and oxygen atoms in total. The van der Waals surface area contributed by atoms with Crippen molar-refractivity contribution < 1.29 is 14.7 Å². The summed E-state index contributed by atoms with van der Waals surface area (Å²) in [6, 6.07) is 4.93. The smallest absolute Gasteiger partial charge is 0.337 e. The van der Waals surface area contributed by atoms with Crippen LogP contribution in [0.4, 0.5) is 5.69 Å². The summed E-state index contributed by atoms with van der Waals surface area (Å²) in [4.78, 5) is 23.9. The van der Waals surface area contributed by atoms with E-state index >= 15 is 0 Å². The second kappa shape index (κ2) is 5.12. The number of hydrogen-bond donors (Lipinski definition) is 1. The third-order valence-electron chi connectivity index (χ3n) is 2.29. The number of nitrogens with zero attached hydrogens (tertiary/aromatic N) is 1. The predicted molar refractivity (Wildman–Crippen MR) is 65.3 cm³/mol. The van der Waals surface area contributed by atoms with Crippen molar-refractivity contribution in [2.75, 3.05) is 17.3 Å². The summed E-state index contributed by atoms with van der Waals surface area (Å²) >= 11 is 3.06. The van der Waals surface area contributed by atoms with Crippen LogP contribution in [0, 0.1) is 6.92 Å². The number of rotatable bonds is 3. The minimum Gasteiger partial charge on any atom is -0.478 e. The van der Waals surface area contributed by atoms with Crippen molar-refractivity contribution in [2.24, 2.45) is 0 Å². The Bertz CT molecular complexity index is 431. The molecule has 0 fully saturated rings. The Labute approximate surface area is 102 Å². The molecule has 0 saturated heterocycles. The summed E-state index contributed by atoms with van der Waals surface area (Å²) in [7, 11) is 1.57. The number of amides is 1. The van der Waals surface area contributed by atoms with Crippen LogP contribution in [0.15, 0.2) is 18.2 Å². The summed E-state index contributed by atoms with van der Waals surface area (Å²) in [6.07, 6.45) is 0. The molecule has 0 spiro atoms. The van der Waals surface area contributed by atoms with Crippen LogP contribution in [-0.2, 0) is 4.79 Å². The molecule has 16 heavy (non-hydrogen) atoms. The maximum atomic E-state index is 11.5. The van der Waals surface area contributed by atoms with Gasteiger partial charge in [-0.05, 0) is 18.6 Å². The first-order chi connectivity index (χ1) is 7.49. The molecule has 0 aliphatic rings. The van der Waals surface area contributed by atoms with Crippen molar-refractivity contribution in [1.82, 2.24) is 0 Å². The van der Waals surface area contributed by atoms with Crippen molar-refractivity contribution in [3.8, 4) is 0 Å². The van der Waals surface area contributed by atoms with E-state index in [2.05, 4.69) is 15.9 Å². The zero-order valence-electron chi connectivity index (χ0n) is 9.03. The average molecular weight is 286 g/mol. The van der Waals surface area contributed by atoms with E-state index in [-0.39, 0.29) is 16.8 Å². The summed E-state index contributed by atoms with van der Waals surface area (Å²) in [5, 5.41) is 9.21. The second-order valence-electron chi connectivity index (χ2n) is 3.36. The molecule has 0 aliphatic carbocycles. The molecule has 0 radical (unpaired) electrons. The van der Waals surface area contributed by atoms with Crippen molar-refractivity contribution in [3.05, 3.63) is 29.3 Å². The molecule has 0 bridgehead atoms. The molecule has 86 valence electrons. The summed E-state index contributed by atoms with van der Waals surface area (Å²) in [5.41, 5.74) is 1.34. The number of alkyl halides is 1. The zero-order valence-corrected chi connectivity index (χ0v) is 10.6. The molecule has 5 heteroatoms. The summed E-state index contributed by atoms with van der Waals surface area (Å²) in [6.45, 7) is 1.78. The highest BCUT2D eigenvalue weighted by Crippen LogP contribution is 2.24. The van der Waals surface area contributed by atoms with E-state index in [0.29, 0.717) is 5.69 Å². The Kier molecular flexibility index (Phi) is 4.06. The number of halogens is 1. The van der Waals surface area contributed by atoms with Crippen molar-refractivity contribution >= 4 is 33.5 Å². The van der Waals surface area contributed by atoms with Gasteiger partial charge in [0.15, 0.2) is 0 Å². The van der Waals surface area contributed by atoms with E-state index < -0.39 is 5.97 Å². The van der Waals surface area contributed by atoms with Gasteiger partial charge in [0.2, 0.25) is 5.91 Å². The fourth-order valence-corrected chi connectivity index (χ4v) is 1.87. The zero-order chi connectivity index (χ0) is 12.3. The van der Waals surface area contributed by atoms with Crippen LogP contribution in [0.2, 0.25) is 0 Å². The Hall–Kier alpha value is -1.36. The molecule has 1 amide bonds. The van der Waals surface area contributed by atoms with E-state index in [1.54, 1.807) is 26.1 Å². The molecule has 1 aromatic rings. The Morgan fingerprint density at radius 2 is 2.06 bits per heavy atom. The lowest BCUT2D eigenvalue weighted by atomic mass is 10.1. The average Bonchev–Trinajstić information content (AvgIpc) is 2.26.